The van der Waals surface area contributed by atoms with Crippen molar-refractivity contribution < 1.29 is 19.5 Å². The molecule has 2 saturated carbocycles. The highest BCUT2D eigenvalue weighted by atomic mass is 16.4. The quantitative estimate of drug-likeness (QED) is 0.761. The van der Waals surface area contributed by atoms with Gasteiger partial charge >= 0.3 is 5.97 Å². The number of nitrogens with zero attached hydrogens (tertiary/aromatic N) is 1. The van der Waals surface area contributed by atoms with E-state index < -0.39 is 16.8 Å². The summed E-state index contributed by atoms with van der Waals surface area (Å²) in [5.74, 6) is -0.549. The minimum absolute atomic E-state index is 0.0339. The van der Waals surface area contributed by atoms with Gasteiger partial charge in [0.25, 0.3) is 0 Å². The zero-order valence-corrected chi connectivity index (χ0v) is 18.1. The minimum atomic E-state index is -0.884. The lowest BCUT2D eigenvalue weighted by Gasteiger charge is -2.61. The monoisotopic (exact) mass is 409 g/mol. The number of carboxylic acids is 1. The fourth-order valence-corrected chi connectivity index (χ4v) is 7.30. The number of hydrogen-bond donors (Lipinski definition) is 1. The SMILES string of the molecule is CC(=O)[C@@]12CCC(=O)[C@](C)(CCC(=O)O)[C@H]1CC[C@]1(C)C(c3cccnc3)=CC[C@@H]21. The second-order valence-corrected chi connectivity index (χ2v) is 9.99. The van der Waals surface area contributed by atoms with Crippen LogP contribution >= 0.6 is 0 Å². The van der Waals surface area contributed by atoms with E-state index in [0.29, 0.717) is 19.3 Å². The molecule has 3 aliphatic carbocycles. The number of aliphatic carboxylic acids is 1. The van der Waals surface area contributed by atoms with E-state index in [2.05, 4.69) is 24.1 Å². The molecule has 0 saturated heterocycles. The first-order chi connectivity index (χ1) is 14.2. The molecule has 3 aliphatic rings. The Kier molecular flexibility index (Phi) is 4.99. The highest BCUT2D eigenvalue weighted by Gasteiger charge is 2.67. The maximum absolute atomic E-state index is 13.4. The molecule has 1 aromatic heterocycles. The van der Waals surface area contributed by atoms with Crippen molar-refractivity contribution in [1.29, 1.82) is 0 Å². The molecule has 30 heavy (non-hydrogen) atoms. The zero-order valence-electron chi connectivity index (χ0n) is 18.1. The van der Waals surface area contributed by atoms with Crippen molar-refractivity contribution in [3.05, 3.63) is 36.2 Å². The van der Waals surface area contributed by atoms with Gasteiger partial charge in [-0.25, -0.2) is 0 Å². The molecule has 0 amide bonds. The van der Waals surface area contributed by atoms with Crippen LogP contribution < -0.4 is 0 Å². The Morgan fingerprint density at radius 2 is 2.00 bits per heavy atom. The van der Waals surface area contributed by atoms with Gasteiger partial charge in [-0.15, -0.1) is 0 Å². The van der Waals surface area contributed by atoms with E-state index in [9.17, 15) is 19.5 Å². The Bertz CT molecular complexity index is 922. The van der Waals surface area contributed by atoms with Gasteiger partial charge in [-0.1, -0.05) is 26.0 Å². The third-order valence-corrected chi connectivity index (χ3v) is 8.80. The molecule has 5 nitrogen and oxygen atoms in total. The number of fused-ring (bicyclic) bond motifs is 3. The van der Waals surface area contributed by atoms with Gasteiger partial charge < -0.3 is 5.11 Å². The number of allylic oxidation sites excluding steroid dienone is 2. The molecule has 0 radical (unpaired) electrons. The van der Waals surface area contributed by atoms with Crippen molar-refractivity contribution >= 4 is 23.1 Å². The van der Waals surface area contributed by atoms with Gasteiger partial charge in [-0.05, 0) is 73.5 Å². The molecule has 0 bridgehead atoms. The van der Waals surface area contributed by atoms with Crippen LogP contribution in [0.1, 0.15) is 71.3 Å². The van der Waals surface area contributed by atoms with Crippen molar-refractivity contribution in [1.82, 2.24) is 4.98 Å². The summed E-state index contributed by atoms with van der Waals surface area (Å²) in [6.45, 7) is 5.89. The molecular weight excluding hydrogens is 378 g/mol. The van der Waals surface area contributed by atoms with Crippen LogP contribution in [-0.2, 0) is 14.4 Å². The maximum atomic E-state index is 13.4. The summed E-state index contributed by atoms with van der Waals surface area (Å²) in [7, 11) is 0. The summed E-state index contributed by atoms with van der Waals surface area (Å²) in [5.41, 5.74) is 0.915. The fourth-order valence-electron chi connectivity index (χ4n) is 7.30. The number of Topliss-reactive ketones (excluding diaryl/α,β-unsaturated/α-hetero) is 2. The number of carboxylic acid groups (broad SMARTS) is 1. The first-order valence-corrected chi connectivity index (χ1v) is 11.0. The molecule has 4 rings (SSSR count). The molecule has 1 heterocycles. The van der Waals surface area contributed by atoms with Crippen molar-refractivity contribution in [3.8, 4) is 0 Å². The van der Waals surface area contributed by atoms with Gasteiger partial charge in [0.15, 0.2) is 0 Å². The topological polar surface area (TPSA) is 84.3 Å². The molecule has 2 fully saturated rings. The molecule has 160 valence electrons. The first kappa shape index (κ1) is 21.0. The maximum Gasteiger partial charge on any atom is 0.303 e. The van der Waals surface area contributed by atoms with Gasteiger partial charge in [0.1, 0.15) is 11.6 Å². The second kappa shape index (κ2) is 7.14. The Balaban J connectivity index is 1.77. The molecule has 5 atom stereocenters. The molecule has 1 N–H and O–H groups in total. The lowest BCUT2D eigenvalue weighted by Crippen LogP contribution is -2.61. The lowest BCUT2D eigenvalue weighted by atomic mass is 9.40. The van der Waals surface area contributed by atoms with Crippen molar-refractivity contribution in [2.45, 2.75) is 65.7 Å². The van der Waals surface area contributed by atoms with Crippen molar-refractivity contribution in [3.63, 3.8) is 0 Å². The van der Waals surface area contributed by atoms with E-state index in [0.717, 1.165) is 24.8 Å². The Morgan fingerprint density at radius 3 is 2.63 bits per heavy atom. The summed E-state index contributed by atoms with van der Waals surface area (Å²) in [4.78, 5) is 42.0. The number of rotatable bonds is 5. The average molecular weight is 410 g/mol. The molecule has 0 aromatic carbocycles. The zero-order chi connectivity index (χ0) is 21.7. The predicted molar refractivity (Wildman–Crippen MR) is 113 cm³/mol. The largest absolute Gasteiger partial charge is 0.481 e. The standard InChI is InChI=1S/C25H31NO4/c1-16(27)25-13-9-21(28)24(3,12-10-22(29)30)20(25)8-11-23(2)18(6-7-19(23)25)17-5-4-14-26-15-17/h4-6,14-15,19-20H,7-13H2,1-3H3,(H,29,30)/t19-,20-,23-,24-,25-/m1/s1. The first-order valence-electron chi connectivity index (χ1n) is 11.0. The van der Waals surface area contributed by atoms with E-state index in [1.165, 1.54) is 5.57 Å². The fraction of sp³-hybridized carbons (Fsp3) is 0.600. The number of carbonyl (C=O) groups is 3. The van der Waals surface area contributed by atoms with E-state index in [4.69, 9.17) is 0 Å². The van der Waals surface area contributed by atoms with Crippen LogP contribution in [0.5, 0.6) is 0 Å². The second-order valence-electron chi connectivity index (χ2n) is 9.99. The van der Waals surface area contributed by atoms with Gasteiger partial charge in [0, 0.05) is 36.1 Å². The Morgan fingerprint density at radius 1 is 1.23 bits per heavy atom. The third kappa shape index (κ3) is 2.81. The number of pyridine rings is 1. The average Bonchev–Trinajstić information content (AvgIpc) is 3.07. The summed E-state index contributed by atoms with van der Waals surface area (Å²) < 4.78 is 0. The highest BCUT2D eigenvalue weighted by molar-refractivity contribution is 5.92. The number of ketones is 2. The molecule has 0 spiro atoms. The van der Waals surface area contributed by atoms with E-state index in [1.54, 1.807) is 13.1 Å². The van der Waals surface area contributed by atoms with Crippen LogP contribution in [0, 0.1) is 28.1 Å². The van der Waals surface area contributed by atoms with Crippen molar-refractivity contribution in [2.75, 3.05) is 0 Å². The summed E-state index contributed by atoms with van der Waals surface area (Å²) in [5, 5.41) is 9.27. The molecule has 0 unspecified atom stereocenters. The lowest BCUT2D eigenvalue weighted by molar-refractivity contribution is -0.170. The number of hydrogen-bond acceptors (Lipinski definition) is 4. The smallest absolute Gasteiger partial charge is 0.303 e. The number of aromatic nitrogens is 1. The van der Waals surface area contributed by atoms with Crippen LogP contribution in [-0.4, -0.2) is 27.6 Å². The Labute approximate surface area is 178 Å². The predicted octanol–water partition coefficient (Wildman–Crippen LogP) is 4.71. The third-order valence-electron chi connectivity index (χ3n) is 8.80. The molecule has 0 aliphatic heterocycles. The molecule has 1 aromatic rings. The van der Waals surface area contributed by atoms with Gasteiger partial charge in [0.2, 0.25) is 0 Å². The van der Waals surface area contributed by atoms with Gasteiger partial charge in [0.05, 0.1) is 0 Å². The summed E-state index contributed by atoms with van der Waals surface area (Å²) in [6.07, 6.45) is 9.66. The van der Waals surface area contributed by atoms with Gasteiger partial charge in [-0.3, -0.25) is 19.4 Å². The van der Waals surface area contributed by atoms with Crippen LogP contribution in [0.2, 0.25) is 0 Å². The summed E-state index contributed by atoms with van der Waals surface area (Å²) >= 11 is 0. The normalized spacial score (nSPS) is 37.8. The van der Waals surface area contributed by atoms with Crippen LogP contribution in [0.4, 0.5) is 0 Å². The van der Waals surface area contributed by atoms with Gasteiger partial charge in [-0.2, -0.15) is 0 Å². The minimum Gasteiger partial charge on any atom is -0.481 e. The van der Waals surface area contributed by atoms with Crippen LogP contribution in [0.15, 0.2) is 30.6 Å². The molecule has 5 heteroatoms. The number of carbonyl (C=O) groups excluding carboxylic acids is 2. The highest BCUT2D eigenvalue weighted by Crippen LogP contribution is 2.70. The van der Waals surface area contributed by atoms with E-state index >= 15 is 0 Å². The van der Waals surface area contributed by atoms with Crippen LogP contribution in [0.25, 0.3) is 5.57 Å². The van der Waals surface area contributed by atoms with E-state index in [-0.39, 0.29) is 35.2 Å². The van der Waals surface area contributed by atoms with E-state index in [1.807, 2.05) is 19.2 Å². The van der Waals surface area contributed by atoms with Crippen LogP contribution in [0.3, 0.4) is 0 Å². The summed E-state index contributed by atoms with van der Waals surface area (Å²) in [6, 6.07) is 4.03. The Hall–Kier alpha value is -2.30. The van der Waals surface area contributed by atoms with Crippen molar-refractivity contribution in [2.24, 2.45) is 28.1 Å². The molecular formula is C25H31NO4.